The molecule has 0 fully saturated rings. The lowest BCUT2D eigenvalue weighted by Gasteiger charge is -2.04. The molecule has 0 aliphatic rings. The molecule has 2 aromatic carbocycles. The van der Waals surface area contributed by atoms with Gasteiger partial charge in [-0.2, -0.15) is 4.68 Å². The molecule has 4 heterocycles. The fourth-order valence-corrected chi connectivity index (χ4v) is 3.50. The Morgan fingerprint density at radius 3 is 2.39 bits per heavy atom. The van der Waals surface area contributed by atoms with Crippen LogP contribution in [0, 0.1) is 0 Å². The summed E-state index contributed by atoms with van der Waals surface area (Å²) in [6.45, 7) is 0. The van der Waals surface area contributed by atoms with Crippen molar-refractivity contribution in [2.75, 3.05) is 0 Å². The van der Waals surface area contributed by atoms with Gasteiger partial charge >= 0.3 is 0 Å². The summed E-state index contributed by atoms with van der Waals surface area (Å²) in [7, 11) is 0. The van der Waals surface area contributed by atoms with Crippen LogP contribution < -0.4 is 5.56 Å². The first-order valence-electron chi connectivity index (χ1n) is 9.58. The van der Waals surface area contributed by atoms with Gasteiger partial charge in [-0.05, 0) is 18.2 Å². The molecule has 31 heavy (non-hydrogen) atoms. The second-order valence-corrected chi connectivity index (χ2v) is 6.90. The minimum atomic E-state index is -0.246. The molecule has 148 valence electrons. The highest BCUT2D eigenvalue weighted by Gasteiger charge is 2.19. The summed E-state index contributed by atoms with van der Waals surface area (Å²) < 4.78 is 4.81. The molecule has 9 heteroatoms. The minimum Gasteiger partial charge on any atom is -0.273 e. The van der Waals surface area contributed by atoms with Crippen molar-refractivity contribution in [3.05, 3.63) is 95.7 Å². The van der Waals surface area contributed by atoms with E-state index < -0.39 is 0 Å². The third kappa shape index (κ3) is 2.79. The Bertz CT molecular complexity index is 1600. The zero-order valence-electron chi connectivity index (χ0n) is 16.1. The molecule has 0 saturated carbocycles. The standard InChI is InChI=1S/C22H14N8O/c31-19-13-18(15-7-3-1-4-8-15)25-22-29(19)20(27-30(22)16-9-5-2-6-10-16)17-11-12-28-14-23-26-21(28)24-17/h1-14H. The molecule has 0 N–H and O–H groups in total. The zero-order valence-corrected chi connectivity index (χ0v) is 16.1. The molecule has 0 saturated heterocycles. The first-order chi connectivity index (χ1) is 15.3. The van der Waals surface area contributed by atoms with Gasteiger partial charge in [0.05, 0.1) is 11.4 Å². The molecule has 0 aliphatic heterocycles. The molecule has 0 radical (unpaired) electrons. The fraction of sp³-hybridized carbons (Fsp3) is 0. The molecule has 4 aromatic heterocycles. The third-order valence-electron chi connectivity index (χ3n) is 4.96. The Morgan fingerprint density at radius 1 is 0.806 bits per heavy atom. The fourth-order valence-electron chi connectivity index (χ4n) is 3.50. The minimum absolute atomic E-state index is 0.246. The lowest BCUT2D eigenvalue weighted by atomic mass is 10.1. The van der Waals surface area contributed by atoms with Gasteiger partial charge in [0.2, 0.25) is 5.78 Å². The van der Waals surface area contributed by atoms with Gasteiger partial charge < -0.3 is 0 Å². The van der Waals surface area contributed by atoms with E-state index in [4.69, 9.17) is 10.1 Å². The first kappa shape index (κ1) is 17.2. The second kappa shape index (κ2) is 6.70. The molecule has 0 atom stereocenters. The van der Waals surface area contributed by atoms with Crippen LogP contribution in [0.3, 0.4) is 0 Å². The smallest absolute Gasteiger partial charge is 0.261 e. The lowest BCUT2D eigenvalue weighted by molar-refractivity contribution is 0.896. The Kier molecular flexibility index (Phi) is 3.72. The largest absolute Gasteiger partial charge is 0.273 e. The average molecular weight is 406 g/mol. The number of benzene rings is 2. The van der Waals surface area contributed by atoms with E-state index in [1.807, 2.05) is 60.7 Å². The van der Waals surface area contributed by atoms with Crippen molar-refractivity contribution in [3.8, 4) is 28.5 Å². The maximum absolute atomic E-state index is 13.2. The Morgan fingerprint density at radius 2 is 1.58 bits per heavy atom. The summed E-state index contributed by atoms with van der Waals surface area (Å²) in [4.78, 5) is 22.5. The van der Waals surface area contributed by atoms with Crippen molar-refractivity contribution in [1.29, 1.82) is 0 Å². The van der Waals surface area contributed by atoms with Gasteiger partial charge in [0.15, 0.2) is 5.82 Å². The van der Waals surface area contributed by atoms with E-state index >= 15 is 0 Å². The van der Waals surface area contributed by atoms with Crippen molar-refractivity contribution in [1.82, 2.24) is 38.7 Å². The topological polar surface area (TPSA) is 95.3 Å². The van der Waals surface area contributed by atoms with Crippen molar-refractivity contribution in [3.63, 3.8) is 0 Å². The predicted octanol–water partition coefficient (Wildman–Crippen LogP) is 2.65. The normalized spacial score (nSPS) is 11.4. The molecule has 0 unspecified atom stereocenters. The molecule has 6 aromatic rings. The molecule has 0 aliphatic carbocycles. The highest BCUT2D eigenvalue weighted by atomic mass is 16.1. The molecule has 0 amide bonds. The molecule has 9 nitrogen and oxygen atoms in total. The summed E-state index contributed by atoms with van der Waals surface area (Å²) >= 11 is 0. The number of fused-ring (bicyclic) bond motifs is 2. The van der Waals surface area contributed by atoms with Gasteiger partial charge in [0.25, 0.3) is 11.3 Å². The number of rotatable bonds is 3. The molecule has 0 bridgehead atoms. The van der Waals surface area contributed by atoms with E-state index in [0.29, 0.717) is 28.8 Å². The summed E-state index contributed by atoms with van der Waals surface area (Å²) in [6.07, 6.45) is 3.34. The molecular formula is C22H14N8O. The quantitative estimate of drug-likeness (QED) is 0.448. The van der Waals surface area contributed by atoms with E-state index in [-0.39, 0.29) is 5.56 Å². The van der Waals surface area contributed by atoms with Crippen LogP contribution in [0.1, 0.15) is 0 Å². The molecular weight excluding hydrogens is 392 g/mol. The van der Waals surface area contributed by atoms with E-state index in [2.05, 4.69) is 15.2 Å². The van der Waals surface area contributed by atoms with E-state index in [9.17, 15) is 4.79 Å². The van der Waals surface area contributed by atoms with Crippen LogP contribution in [-0.4, -0.2) is 38.7 Å². The maximum Gasteiger partial charge on any atom is 0.261 e. The number of nitrogens with zero attached hydrogens (tertiary/aromatic N) is 8. The Hall–Kier alpha value is -4.66. The number of para-hydroxylation sites is 1. The van der Waals surface area contributed by atoms with E-state index in [0.717, 1.165) is 11.3 Å². The molecule has 6 rings (SSSR count). The molecule has 0 spiro atoms. The van der Waals surface area contributed by atoms with E-state index in [1.54, 1.807) is 27.7 Å². The van der Waals surface area contributed by atoms with Gasteiger partial charge in [-0.1, -0.05) is 48.5 Å². The highest BCUT2D eigenvalue weighted by molar-refractivity contribution is 5.64. The first-order valence-corrected chi connectivity index (χ1v) is 9.58. The van der Waals surface area contributed by atoms with Crippen LogP contribution in [-0.2, 0) is 0 Å². The van der Waals surface area contributed by atoms with Crippen molar-refractivity contribution in [2.24, 2.45) is 0 Å². The van der Waals surface area contributed by atoms with Gasteiger partial charge in [-0.3, -0.25) is 9.20 Å². The summed E-state index contributed by atoms with van der Waals surface area (Å²) in [5.74, 6) is 1.19. The Balaban J connectivity index is 1.67. The van der Waals surface area contributed by atoms with Crippen LogP contribution in [0.4, 0.5) is 0 Å². The lowest BCUT2D eigenvalue weighted by Crippen LogP contribution is -2.15. The maximum atomic E-state index is 13.2. The van der Waals surface area contributed by atoms with Gasteiger partial charge in [-0.15, -0.1) is 15.3 Å². The monoisotopic (exact) mass is 406 g/mol. The predicted molar refractivity (Wildman–Crippen MR) is 114 cm³/mol. The summed E-state index contributed by atoms with van der Waals surface area (Å²) in [5.41, 5.74) is 2.47. The number of hydrogen-bond acceptors (Lipinski definition) is 6. The zero-order chi connectivity index (χ0) is 20.8. The highest BCUT2D eigenvalue weighted by Crippen LogP contribution is 2.22. The summed E-state index contributed by atoms with van der Waals surface area (Å²) in [5, 5.41) is 12.6. The SMILES string of the molecule is O=c1cc(-c2ccccc2)nc2n(-c3ccccc3)nc(-c3ccn4cnnc4n3)n12. The van der Waals surface area contributed by atoms with Crippen LogP contribution in [0.15, 0.2) is 90.1 Å². The summed E-state index contributed by atoms with van der Waals surface area (Å²) in [6, 6.07) is 22.4. The van der Waals surface area contributed by atoms with Crippen LogP contribution >= 0.6 is 0 Å². The van der Waals surface area contributed by atoms with Crippen molar-refractivity contribution >= 4 is 11.6 Å². The van der Waals surface area contributed by atoms with Gasteiger partial charge in [-0.25, -0.2) is 14.4 Å². The van der Waals surface area contributed by atoms with Crippen LogP contribution in [0.25, 0.3) is 40.0 Å². The number of hydrogen-bond donors (Lipinski definition) is 0. The number of aromatic nitrogens is 8. The average Bonchev–Trinajstić information content (AvgIpc) is 3.44. The van der Waals surface area contributed by atoms with E-state index in [1.165, 1.54) is 10.5 Å². The second-order valence-electron chi connectivity index (χ2n) is 6.90. The Labute approximate surface area is 174 Å². The van der Waals surface area contributed by atoms with Gasteiger partial charge in [0, 0.05) is 17.8 Å². The van der Waals surface area contributed by atoms with Gasteiger partial charge in [0.1, 0.15) is 12.0 Å². The van der Waals surface area contributed by atoms with Crippen LogP contribution in [0.2, 0.25) is 0 Å². The third-order valence-corrected chi connectivity index (χ3v) is 4.96. The van der Waals surface area contributed by atoms with Crippen molar-refractivity contribution in [2.45, 2.75) is 0 Å². The van der Waals surface area contributed by atoms with Crippen molar-refractivity contribution < 1.29 is 0 Å². The van der Waals surface area contributed by atoms with Crippen LogP contribution in [0.5, 0.6) is 0 Å².